The molecular formula is C13H16O3. The Labute approximate surface area is 95.4 Å². The van der Waals surface area contributed by atoms with Gasteiger partial charge in [-0.15, -0.1) is 0 Å². The molecule has 0 unspecified atom stereocenters. The second-order valence-electron chi connectivity index (χ2n) is 4.28. The van der Waals surface area contributed by atoms with Crippen LogP contribution in [-0.2, 0) is 14.9 Å². The zero-order chi connectivity index (χ0) is 11.8. The molecule has 0 aliphatic heterocycles. The molecule has 16 heavy (non-hydrogen) atoms. The molecule has 0 N–H and O–H groups in total. The predicted octanol–water partition coefficient (Wildman–Crippen LogP) is 2.21. The second kappa shape index (κ2) is 3.81. The van der Waals surface area contributed by atoms with E-state index in [1.54, 1.807) is 7.11 Å². The minimum atomic E-state index is -0.451. The average molecular weight is 220 g/mol. The number of benzene rings is 1. The van der Waals surface area contributed by atoms with Crippen LogP contribution < -0.4 is 4.74 Å². The van der Waals surface area contributed by atoms with Crippen LogP contribution in [0.2, 0.25) is 0 Å². The van der Waals surface area contributed by atoms with Gasteiger partial charge in [0.15, 0.2) is 0 Å². The normalized spacial score (nSPS) is 16.7. The standard InChI is InChI=1S/C13H16O3/c1-9-4-5-10(11(8-9)15-2)13(6-7-13)12(14)16-3/h4-5,8H,6-7H2,1-3H3. The molecule has 0 spiro atoms. The molecule has 0 atom stereocenters. The number of hydrogen-bond donors (Lipinski definition) is 0. The van der Waals surface area contributed by atoms with Gasteiger partial charge in [-0.25, -0.2) is 0 Å². The minimum absolute atomic E-state index is 0.158. The molecule has 1 saturated carbocycles. The Morgan fingerprint density at radius 1 is 1.31 bits per heavy atom. The molecule has 1 fully saturated rings. The lowest BCUT2D eigenvalue weighted by molar-refractivity contribution is -0.143. The first kappa shape index (κ1) is 11.0. The summed E-state index contributed by atoms with van der Waals surface area (Å²) in [5.74, 6) is 0.623. The van der Waals surface area contributed by atoms with Crippen LogP contribution in [-0.4, -0.2) is 20.2 Å². The molecule has 0 bridgehead atoms. The predicted molar refractivity (Wildman–Crippen MR) is 60.7 cm³/mol. The summed E-state index contributed by atoms with van der Waals surface area (Å²) in [6.45, 7) is 2.00. The minimum Gasteiger partial charge on any atom is -0.496 e. The maximum atomic E-state index is 11.8. The molecule has 1 aromatic rings. The summed E-state index contributed by atoms with van der Waals surface area (Å²) in [6.07, 6.45) is 1.69. The molecule has 0 saturated heterocycles. The maximum Gasteiger partial charge on any atom is 0.316 e. The van der Waals surface area contributed by atoms with E-state index in [1.165, 1.54) is 7.11 Å². The smallest absolute Gasteiger partial charge is 0.316 e. The Hall–Kier alpha value is -1.51. The highest BCUT2D eigenvalue weighted by atomic mass is 16.5. The van der Waals surface area contributed by atoms with E-state index in [2.05, 4.69) is 0 Å². The molecule has 1 aromatic carbocycles. The van der Waals surface area contributed by atoms with Crippen molar-refractivity contribution in [2.45, 2.75) is 25.2 Å². The van der Waals surface area contributed by atoms with E-state index < -0.39 is 5.41 Å². The lowest BCUT2D eigenvalue weighted by Gasteiger charge is -2.16. The molecule has 0 amide bonds. The number of carbonyl (C=O) groups excluding carboxylic acids is 1. The van der Waals surface area contributed by atoms with Crippen LogP contribution in [0.1, 0.15) is 24.0 Å². The van der Waals surface area contributed by atoms with E-state index in [9.17, 15) is 4.79 Å². The van der Waals surface area contributed by atoms with Crippen LogP contribution >= 0.6 is 0 Å². The first-order chi connectivity index (χ1) is 7.64. The molecule has 3 heteroatoms. The van der Waals surface area contributed by atoms with E-state index in [4.69, 9.17) is 9.47 Å². The van der Waals surface area contributed by atoms with E-state index in [-0.39, 0.29) is 5.97 Å². The van der Waals surface area contributed by atoms with Crippen molar-refractivity contribution in [3.63, 3.8) is 0 Å². The van der Waals surface area contributed by atoms with Gasteiger partial charge in [-0.05, 0) is 31.4 Å². The number of carbonyl (C=O) groups is 1. The molecule has 2 rings (SSSR count). The fourth-order valence-electron chi connectivity index (χ4n) is 2.10. The molecule has 0 heterocycles. The quantitative estimate of drug-likeness (QED) is 0.733. The number of esters is 1. The number of hydrogen-bond acceptors (Lipinski definition) is 3. The molecule has 1 aliphatic rings. The van der Waals surface area contributed by atoms with Gasteiger partial charge in [-0.1, -0.05) is 12.1 Å². The topological polar surface area (TPSA) is 35.5 Å². The average Bonchev–Trinajstić information content (AvgIpc) is 3.09. The molecule has 86 valence electrons. The molecular weight excluding hydrogens is 204 g/mol. The van der Waals surface area contributed by atoms with Crippen molar-refractivity contribution < 1.29 is 14.3 Å². The number of rotatable bonds is 3. The van der Waals surface area contributed by atoms with Gasteiger partial charge in [-0.2, -0.15) is 0 Å². The maximum absolute atomic E-state index is 11.8. The van der Waals surface area contributed by atoms with Crippen molar-refractivity contribution in [2.24, 2.45) is 0 Å². The van der Waals surface area contributed by atoms with E-state index in [1.807, 2.05) is 25.1 Å². The highest BCUT2D eigenvalue weighted by Gasteiger charge is 2.54. The number of ether oxygens (including phenoxy) is 2. The van der Waals surface area contributed by atoms with E-state index in [0.29, 0.717) is 0 Å². The molecule has 3 nitrogen and oxygen atoms in total. The highest BCUT2D eigenvalue weighted by Crippen LogP contribution is 2.52. The Morgan fingerprint density at radius 3 is 2.50 bits per heavy atom. The third-order valence-electron chi connectivity index (χ3n) is 3.20. The summed E-state index contributed by atoms with van der Waals surface area (Å²) in [7, 11) is 3.06. The fourth-order valence-corrected chi connectivity index (χ4v) is 2.10. The van der Waals surface area contributed by atoms with Crippen molar-refractivity contribution in [1.82, 2.24) is 0 Å². The second-order valence-corrected chi connectivity index (χ2v) is 4.28. The van der Waals surface area contributed by atoms with Gasteiger partial charge in [0.05, 0.1) is 19.6 Å². The highest BCUT2D eigenvalue weighted by molar-refractivity contribution is 5.87. The van der Waals surface area contributed by atoms with Gasteiger partial charge < -0.3 is 9.47 Å². The lowest BCUT2D eigenvalue weighted by Crippen LogP contribution is -2.22. The summed E-state index contributed by atoms with van der Waals surface area (Å²) in [5, 5.41) is 0. The van der Waals surface area contributed by atoms with Crippen LogP contribution in [0.25, 0.3) is 0 Å². The summed E-state index contributed by atoms with van der Waals surface area (Å²) in [4.78, 5) is 11.8. The Balaban J connectivity index is 2.44. The summed E-state index contributed by atoms with van der Waals surface area (Å²) in [6, 6.07) is 5.93. The summed E-state index contributed by atoms with van der Waals surface area (Å²) >= 11 is 0. The van der Waals surface area contributed by atoms with Crippen molar-refractivity contribution in [3.05, 3.63) is 29.3 Å². The van der Waals surface area contributed by atoms with Crippen LogP contribution in [0.5, 0.6) is 5.75 Å². The zero-order valence-corrected chi connectivity index (χ0v) is 9.87. The first-order valence-corrected chi connectivity index (χ1v) is 5.37. The Bertz CT molecular complexity index is 419. The van der Waals surface area contributed by atoms with Gasteiger partial charge >= 0.3 is 5.97 Å². The zero-order valence-electron chi connectivity index (χ0n) is 9.87. The third-order valence-corrected chi connectivity index (χ3v) is 3.20. The van der Waals surface area contributed by atoms with Crippen molar-refractivity contribution in [2.75, 3.05) is 14.2 Å². The van der Waals surface area contributed by atoms with Crippen molar-refractivity contribution in [3.8, 4) is 5.75 Å². The SMILES string of the molecule is COC(=O)C1(c2ccc(C)cc2OC)CC1. The van der Waals surface area contributed by atoms with Gasteiger partial charge in [0.25, 0.3) is 0 Å². The van der Waals surface area contributed by atoms with Crippen LogP contribution in [0, 0.1) is 6.92 Å². The van der Waals surface area contributed by atoms with Crippen LogP contribution in [0.3, 0.4) is 0 Å². The molecule has 1 aliphatic carbocycles. The van der Waals surface area contributed by atoms with Crippen LogP contribution in [0.15, 0.2) is 18.2 Å². The molecule has 0 radical (unpaired) electrons. The Kier molecular flexibility index (Phi) is 2.62. The first-order valence-electron chi connectivity index (χ1n) is 5.37. The van der Waals surface area contributed by atoms with E-state index in [0.717, 1.165) is 29.7 Å². The van der Waals surface area contributed by atoms with Gasteiger partial charge in [-0.3, -0.25) is 4.79 Å². The largest absolute Gasteiger partial charge is 0.496 e. The monoisotopic (exact) mass is 220 g/mol. The van der Waals surface area contributed by atoms with Gasteiger partial charge in [0.2, 0.25) is 0 Å². The van der Waals surface area contributed by atoms with Gasteiger partial charge in [0, 0.05) is 5.56 Å². The van der Waals surface area contributed by atoms with Crippen molar-refractivity contribution >= 4 is 5.97 Å². The summed E-state index contributed by atoms with van der Waals surface area (Å²) < 4.78 is 10.2. The Morgan fingerprint density at radius 2 is 2.00 bits per heavy atom. The molecule has 0 aromatic heterocycles. The van der Waals surface area contributed by atoms with E-state index >= 15 is 0 Å². The number of aryl methyl sites for hydroxylation is 1. The number of methoxy groups -OCH3 is 2. The fraction of sp³-hybridized carbons (Fsp3) is 0.462. The lowest BCUT2D eigenvalue weighted by atomic mass is 9.94. The van der Waals surface area contributed by atoms with Crippen molar-refractivity contribution in [1.29, 1.82) is 0 Å². The van der Waals surface area contributed by atoms with Crippen LogP contribution in [0.4, 0.5) is 0 Å². The third kappa shape index (κ3) is 1.56. The summed E-state index contributed by atoms with van der Waals surface area (Å²) in [5.41, 5.74) is 1.63. The van der Waals surface area contributed by atoms with Gasteiger partial charge in [0.1, 0.15) is 5.75 Å².